The molecule has 5 nitrogen and oxygen atoms in total. The molecule has 1 aromatic rings. The molecule has 0 aromatic heterocycles. The molecule has 1 aromatic carbocycles. The summed E-state index contributed by atoms with van der Waals surface area (Å²) >= 11 is 0. The molecule has 0 bridgehead atoms. The second-order valence-corrected chi connectivity index (χ2v) is 5.78. The van der Waals surface area contributed by atoms with E-state index in [2.05, 4.69) is 0 Å². The van der Waals surface area contributed by atoms with Crippen LogP contribution in [0.1, 0.15) is 57.9 Å². The monoisotopic (exact) mass is 411 g/mol. The van der Waals surface area contributed by atoms with Crippen molar-refractivity contribution in [2.24, 2.45) is 0 Å². The fourth-order valence-corrected chi connectivity index (χ4v) is 2.20. The maximum atomic E-state index is 12.3. The predicted octanol–water partition coefficient (Wildman–Crippen LogP) is 4.42. The van der Waals surface area contributed by atoms with Gasteiger partial charge in [-0.15, -0.1) is 0 Å². The van der Waals surface area contributed by atoms with Gasteiger partial charge in [0.25, 0.3) is 0 Å². The molecule has 0 aliphatic carbocycles. The molecule has 1 radical (unpaired) electrons. The van der Waals surface area contributed by atoms with Crippen molar-refractivity contribution in [3.05, 3.63) is 41.5 Å². The summed E-state index contributed by atoms with van der Waals surface area (Å²) < 4.78 is 10.3. The van der Waals surface area contributed by atoms with Crippen molar-refractivity contribution < 1.29 is 41.2 Å². The van der Waals surface area contributed by atoms with Gasteiger partial charge >= 0.3 is 11.9 Å². The molecular weight excluding hydrogens is 384 g/mol. The van der Waals surface area contributed by atoms with Crippen LogP contribution in [-0.4, -0.2) is 30.3 Å². The van der Waals surface area contributed by atoms with Gasteiger partial charge in [-0.1, -0.05) is 69.9 Å². The summed E-state index contributed by atoms with van der Waals surface area (Å²) in [5.74, 6) is -2.11. The first kappa shape index (κ1) is 24.2. The molecular formula is C20H28CuO5. The number of rotatable bonds is 11. The SMILES string of the molecule is CCCCCOC(=O)C(C(=O)OCCCCC)=C(O)c1ccccc1.[Cu]. The molecule has 0 aliphatic heterocycles. The summed E-state index contributed by atoms with van der Waals surface area (Å²) in [5.41, 5.74) is -0.0762. The normalized spacial score (nSPS) is 9.77. The number of ether oxygens (including phenoxy) is 2. The van der Waals surface area contributed by atoms with Gasteiger partial charge in [0.1, 0.15) is 5.76 Å². The van der Waals surface area contributed by atoms with Gasteiger partial charge in [0, 0.05) is 22.6 Å². The maximum Gasteiger partial charge on any atom is 0.349 e. The van der Waals surface area contributed by atoms with Crippen molar-refractivity contribution in [1.82, 2.24) is 0 Å². The Kier molecular flexibility index (Phi) is 13.4. The van der Waals surface area contributed by atoms with E-state index in [-0.39, 0.29) is 30.3 Å². The van der Waals surface area contributed by atoms with E-state index in [1.165, 1.54) is 0 Å². The van der Waals surface area contributed by atoms with E-state index in [9.17, 15) is 14.7 Å². The van der Waals surface area contributed by atoms with Gasteiger partial charge in [0.05, 0.1) is 13.2 Å². The molecule has 0 unspecified atom stereocenters. The number of hydrogen-bond acceptors (Lipinski definition) is 5. The van der Waals surface area contributed by atoms with Crippen LogP contribution in [0.3, 0.4) is 0 Å². The van der Waals surface area contributed by atoms with E-state index in [0.717, 1.165) is 25.7 Å². The largest absolute Gasteiger partial charge is 0.506 e. The Bertz CT molecular complexity index is 543. The van der Waals surface area contributed by atoms with Crippen LogP contribution in [0.25, 0.3) is 5.76 Å². The number of carbonyl (C=O) groups excluding carboxylic acids is 2. The number of hydrogen-bond donors (Lipinski definition) is 1. The minimum absolute atomic E-state index is 0. The van der Waals surface area contributed by atoms with Gasteiger partial charge < -0.3 is 14.6 Å². The topological polar surface area (TPSA) is 72.8 Å². The Morgan fingerprint density at radius 3 is 1.73 bits per heavy atom. The Morgan fingerprint density at radius 2 is 1.31 bits per heavy atom. The third-order valence-corrected chi connectivity index (χ3v) is 3.65. The molecule has 6 heteroatoms. The van der Waals surface area contributed by atoms with Crippen LogP contribution in [0.4, 0.5) is 0 Å². The Hall–Kier alpha value is -1.78. The minimum atomic E-state index is -0.849. The van der Waals surface area contributed by atoms with Gasteiger partial charge in [-0.25, -0.2) is 9.59 Å². The van der Waals surface area contributed by atoms with Crippen molar-refractivity contribution in [3.63, 3.8) is 0 Å². The number of carbonyl (C=O) groups is 2. The Morgan fingerprint density at radius 1 is 0.846 bits per heavy atom. The van der Waals surface area contributed by atoms with E-state index in [4.69, 9.17) is 9.47 Å². The van der Waals surface area contributed by atoms with E-state index >= 15 is 0 Å². The van der Waals surface area contributed by atoms with E-state index in [1.807, 2.05) is 13.8 Å². The summed E-state index contributed by atoms with van der Waals surface area (Å²) in [7, 11) is 0. The van der Waals surface area contributed by atoms with E-state index in [0.29, 0.717) is 18.4 Å². The summed E-state index contributed by atoms with van der Waals surface area (Å²) in [6.07, 6.45) is 5.28. The van der Waals surface area contributed by atoms with Crippen LogP contribution in [0.2, 0.25) is 0 Å². The molecule has 1 N–H and O–H groups in total. The average molecular weight is 412 g/mol. The maximum absolute atomic E-state index is 12.3. The second-order valence-electron chi connectivity index (χ2n) is 5.78. The fourth-order valence-electron chi connectivity index (χ4n) is 2.20. The van der Waals surface area contributed by atoms with Crippen LogP contribution < -0.4 is 0 Å². The third-order valence-electron chi connectivity index (χ3n) is 3.65. The first-order valence-electron chi connectivity index (χ1n) is 8.94. The van der Waals surface area contributed by atoms with Crippen molar-refractivity contribution in [1.29, 1.82) is 0 Å². The van der Waals surface area contributed by atoms with Crippen molar-refractivity contribution in [2.45, 2.75) is 52.4 Å². The van der Waals surface area contributed by atoms with Crippen molar-refractivity contribution in [3.8, 4) is 0 Å². The summed E-state index contributed by atoms with van der Waals surface area (Å²) in [6.45, 7) is 4.51. The molecule has 0 saturated carbocycles. The molecule has 1 rings (SSSR count). The first-order chi connectivity index (χ1) is 12.1. The van der Waals surface area contributed by atoms with E-state index in [1.54, 1.807) is 30.3 Å². The van der Waals surface area contributed by atoms with E-state index < -0.39 is 23.3 Å². The van der Waals surface area contributed by atoms with Crippen molar-refractivity contribution >= 4 is 17.7 Å². The zero-order valence-electron chi connectivity index (χ0n) is 15.4. The smallest absolute Gasteiger partial charge is 0.349 e. The molecule has 0 saturated heterocycles. The molecule has 0 atom stereocenters. The molecule has 0 amide bonds. The van der Waals surface area contributed by atoms with Gasteiger partial charge in [-0.3, -0.25) is 0 Å². The van der Waals surface area contributed by atoms with Crippen LogP contribution >= 0.6 is 0 Å². The van der Waals surface area contributed by atoms with Gasteiger partial charge in [-0.2, -0.15) is 0 Å². The summed E-state index contributed by atoms with van der Waals surface area (Å²) in [4.78, 5) is 24.6. The number of benzene rings is 1. The molecule has 26 heavy (non-hydrogen) atoms. The Labute approximate surface area is 166 Å². The zero-order valence-corrected chi connectivity index (χ0v) is 16.4. The molecule has 0 spiro atoms. The van der Waals surface area contributed by atoms with Crippen LogP contribution in [0.15, 0.2) is 35.9 Å². The number of unbranched alkanes of at least 4 members (excludes halogenated alkanes) is 4. The number of aliphatic hydroxyl groups is 1. The quantitative estimate of drug-likeness (QED) is 0.111. The predicted molar refractivity (Wildman–Crippen MR) is 97.0 cm³/mol. The van der Waals surface area contributed by atoms with Gasteiger partial charge in [-0.05, 0) is 12.8 Å². The van der Waals surface area contributed by atoms with Gasteiger partial charge in [0.2, 0.25) is 0 Å². The summed E-state index contributed by atoms with van der Waals surface area (Å²) in [6, 6.07) is 8.43. The fraction of sp³-hybridized carbons (Fsp3) is 0.500. The summed E-state index contributed by atoms with van der Waals surface area (Å²) in [5, 5.41) is 10.4. The first-order valence-corrected chi connectivity index (χ1v) is 8.94. The molecule has 0 fully saturated rings. The molecule has 149 valence electrons. The Balaban J connectivity index is 0.00000625. The van der Waals surface area contributed by atoms with Gasteiger partial charge in [0.15, 0.2) is 5.57 Å². The second kappa shape index (κ2) is 14.4. The zero-order chi connectivity index (χ0) is 18.5. The molecule has 0 aliphatic rings. The number of aliphatic hydroxyl groups excluding tert-OH is 1. The van der Waals surface area contributed by atoms with Crippen LogP contribution in [0.5, 0.6) is 0 Å². The van der Waals surface area contributed by atoms with Crippen molar-refractivity contribution in [2.75, 3.05) is 13.2 Å². The minimum Gasteiger partial charge on any atom is -0.506 e. The van der Waals surface area contributed by atoms with Crippen LogP contribution in [-0.2, 0) is 36.1 Å². The standard InChI is InChI=1S/C20H28O5.Cu/c1-3-5-10-14-24-19(22)17(20(23)25-15-11-6-4-2)18(21)16-12-8-7-9-13-16;/h7-9,12-13,21H,3-6,10-11,14-15H2,1-2H3;. The van der Waals surface area contributed by atoms with Crippen LogP contribution in [0, 0.1) is 0 Å². The molecule has 0 heterocycles. The third kappa shape index (κ3) is 8.54. The average Bonchev–Trinajstić information content (AvgIpc) is 2.63. The number of esters is 2.